The maximum absolute atomic E-state index is 12.6. The molecule has 1 N–H and O–H groups in total. The zero-order valence-electron chi connectivity index (χ0n) is 13.8. The van der Waals surface area contributed by atoms with Crippen molar-refractivity contribution in [2.45, 2.75) is 27.2 Å². The molecule has 1 amide bonds. The molecule has 0 bridgehead atoms. The zero-order valence-corrected chi connectivity index (χ0v) is 13.8. The van der Waals surface area contributed by atoms with Gasteiger partial charge in [0.2, 0.25) is 5.91 Å². The van der Waals surface area contributed by atoms with E-state index in [-0.39, 0.29) is 18.4 Å². The monoisotopic (exact) mass is 317 g/mol. The number of amides is 1. The molecule has 0 aliphatic carbocycles. The van der Waals surface area contributed by atoms with Crippen molar-refractivity contribution in [3.63, 3.8) is 0 Å². The maximum atomic E-state index is 12.6. The second-order valence-corrected chi connectivity index (χ2v) is 7.69. The van der Waals surface area contributed by atoms with Crippen molar-refractivity contribution in [1.82, 2.24) is 4.90 Å². The van der Waals surface area contributed by atoms with Gasteiger partial charge in [-0.2, -0.15) is 0 Å². The fraction of sp³-hybridized carbons (Fsp3) is 0.556. The Morgan fingerprint density at radius 2 is 2.00 bits per heavy atom. The second-order valence-electron chi connectivity index (χ2n) is 7.69. The van der Waals surface area contributed by atoms with Gasteiger partial charge in [0, 0.05) is 24.4 Å². The van der Waals surface area contributed by atoms with E-state index in [1.807, 2.05) is 45.0 Å². The highest BCUT2D eigenvalue weighted by molar-refractivity contribution is 5.84. The van der Waals surface area contributed by atoms with Gasteiger partial charge in [-0.3, -0.25) is 9.59 Å². The largest absolute Gasteiger partial charge is 0.493 e. The van der Waals surface area contributed by atoms with E-state index in [0.29, 0.717) is 19.6 Å². The number of carboxylic acid groups (broad SMARTS) is 1. The number of nitrogens with zero attached hydrogens (tertiary/aromatic N) is 1. The Morgan fingerprint density at radius 3 is 2.65 bits per heavy atom. The van der Waals surface area contributed by atoms with Gasteiger partial charge in [0.05, 0.1) is 12.0 Å². The summed E-state index contributed by atoms with van der Waals surface area (Å²) in [6, 6.07) is 7.58. The molecule has 124 valence electrons. The van der Waals surface area contributed by atoms with Gasteiger partial charge < -0.3 is 14.7 Å². The highest BCUT2D eigenvalue weighted by Crippen LogP contribution is 2.44. The van der Waals surface area contributed by atoms with E-state index in [2.05, 4.69) is 0 Å². The van der Waals surface area contributed by atoms with Crippen LogP contribution in [0.1, 0.15) is 26.3 Å². The first kappa shape index (κ1) is 15.8. The van der Waals surface area contributed by atoms with Gasteiger partial charge in [-0.05, 0) is 18.1 Å². The zero-order chi connectivity index (χ0) is 16.8. The Hall–Kier alpha value is -2.04. The smallest absolute Gasteiger partial charge is 0.312 e. The number of carbonyl (C=O) groups excluding carboxylic acids is 1. The maximum Gasteiger partial charge on any atom is 0.312 e. The molecule has 5 nitrogen and oxygen atoms in total. The summed E-state index contributed by atoms with van der Waals surface area (Å²) in [6.07, 6.45) is 0.400. The van der Waals surface area contributed by atoms with E-state index >= 15 is 0 Å². The molecule has 2 aliphatic rings. The third-order valence-electron chi connectivity index (χ3n) is 4.97. The van der Waals surface area contributed by atoms with E-state index < -0.39 is 16.8 Å². The Labute approximate surface area is 136 Å². The predicted molar refractivity (Wildman–Crippen MR) is 85.2 cm³/mol. The summed E-state index contributed by atoms with van der Waals surface area (Å²) in [5, 5.41) is 9.96. The highest BCUT2D eigenvalue weighted by atomic mass is 16.5. The van der Waals surface area contributed by atoms with Crippen molar-refractivity contribution < 1.29 is 19.4 Å². The molecule has 2 heterocycles. The molecule has 0 spiro atoms. The van der Waals surface area contributed by atoms with Gasteiger partial charge in [-0.15, -0.1) is 0 Å². The molecular weight excluding hydrogens is 294 g/mol. The summed E-state index contributed by atoms with van der Waals surface area (Å²) in [7, 11) is 0. The number of carboxylic acids is 1. The summed E-state index contributed by atoms with van der Waals surface area (Å²) in [4.78, 5) is 26.4. The van der Waals surface area contributed by atoms with Gasteiger partial charge in [0.25, 0.3) is 0 Å². The van der Waals surface area contributed by atoms with Crippen LogP contribution in [0.3, 0.4) is 0 Å². The number of hydrogen-bond donors (Lipinski definition) is 1. The van der Waals surface area contributed by atoms with E-state index in [0.717, 1.165) is 11.3 Å². The first-order valence-corrected chi connectivity index (χ1v) is 7.97. The molecule has 2 aliphatic heterocycles. The van der Waals surface area contributed by atoms with Crippen LogP contribution in [0.4, 0.5) is 0 Å². The van der Waals surface area contributed by atoms with Crippen molar-refractivity contribution in [3.8, 4) is 5.75 Å². The summed E-state index contributed by atoms with van der Waals surface area (Å²) in [5.74, 6) is -0.276. The minimum absolute atomic E-state index is 0.000478. The van der Waals surface area contributed by atoms with Crippen molar-refractivity contribution >= 4 is 11.9 Å². The molecule has 2 atom stereocenters. The number of ether oxygens (including phenoxy) is 1. The number of benzene rings is 1. The molecule has 1 fully saturated rings. The topological polar surface area (TPSA) is 66.8 Å². The molecule has 0 saturated carbocycles. The average molecular weight is 317 g/mol. The standard InChI is InChI=1S/C18H23NO4/c1-17(2,3)15(20)19-9-13-10-23-14-7-5-4-6-12(14)8-18(13,11-19)16(21)22/h4-7,13H,8-11H2,1-3H3,(H,21,22)/t13?,18-/m1/s1. The number of hydrogen-bond acceptors (Lipinski definition) is 3. The lowest BCUT2D eigenvalue weighted by Gasteiger charge is -2.29. The molecule has 23 heavy (non-hydrogen) atoms. The first-order chi connectivity index (χ1) is 10.7. The molecule has 0 aromatic heterocycles. The summed E-state index contributed by atoms with van der Waals surface area (Å²) >= 11 is 0. The van der Waals surface area contributed by atoms with Crippen LogP contribution in [0.25, 0.3) is 0 Å². The van der Waals surface area contributed by atoms with Crippen molar-refractivity contribution in [1.29, 1.82) is 0 Å². The van der Waals surface area contributed by atoms with E-state index in [1.165, 1.54) is 0 Å². The summed E-state index contributed by atoms with van der Waals surface area (Å²) < 4.78 is 5.85. The molecule has 3 rings (SSSR count). The number of fused-ring (bicyclic) bond motifs is 2. The third-order valence-corrected chi connectivity index (χ3v) is 4.97. The highest BCUT2D eigenvalue weighted by Gasteiger charge is 2.55. The Balaban J connectivity index is 1.96. The SMILES string of the molecule is CC(C)(C)C(=O)N1CC2COc3ccccc3C[C@@]2(C(=O)O)C1. The van der Waals surface area contributed by atoms with Crippen LogP contribution >= 0.6 is 0 Å². The lowest BCUT2D eigenvalue weighted by Crippen LogP contribution is -2.43. The Bertz CT molecular complexity index is 649. The van der Waals surface area contributed by atoms with Crippen LogP contribution in [0.2, 0.25) is 0 Å². The Kier molecular flexibility index (Phi) is 3.62. The summed E-state index contributed by atoms with van der Waals surface area (Å²) in [5.41, 5.74) is -0.572. The Morgan fingerprint density at radius 1 is 1.30 bits per heavy atom. The van der Waals surface area contributed by atoms with Gasteiger partial charge in [0.15, 0.2) is 0 Å². The van der Waals surface area contributed by atoms with Crippen molar-refractivity contribution in [2.75, 3.05) is 19.7 Å². The molecule has 1 saturated heterocycles. The second kappa shape index (κ2) is 5.25. The van der Waals surface area contributed by atoms with E-state index in [4.69, 9.17) is 4.74 Å². The lowest BCUT2D eigenvalue weighted by molar-refractivity contribution is -0.151. The van der Waals surface area contributed by atoms with Crippen LogP contribution in [0.15, 0.2) is 24.3 Å². The van der Waals surface area contributed by atoms with Crippen LogP contribution in [0, 0.1) is 16.7 Å². The number of rotatable bonds is 1. The third kappa shape index (κ3) is 2.58. The van der Waals surface area contributed by atoms with Crippen molar-refractivity contribution in [2.24, 2.45) is 16.7 Å². The van der Waals surface area contributed by atoms with Gasteiger partial charge in [-0.1, -0.05) is 39.0 Å². The molecule has 5 heteroatoms. The fourth-order valence-electron chi connectivity index (χ4n) is 3.66. The van der Waals surface area contributed by atoms with Gasteiger partial charge in [-0.25, -0.2) is 0 Å². The van der Waals surface area contributed by atoms with Gasteiger partial charge >= 0.3 is 5.97 Å². The van der Waals surface area contributed by atoms with Crippen LogP contribution in [0.5, 0.6) is 5.75 Å². The molecule has 0 radical (unpaired) electrons. The van der Waals surface area contributed by atoms with Crippen LogP contribution < -0.4 is 4.74 Å². The van der Waals surface area contributed by atoms with Gasteiger partial charge in [0.1, 0.15) is 5.75 Å². The number of aliphatic carboxylic acids is 1. The lowest BCUT2D eigenvalue weighted by atomic mass is 9.74. The van der Waals surface area contributed by atoms with E-state index in [1.54, 1.807) is 4.90 Å². The number of para-hydroxylation sites is 1. The fourth-order valence-corrected chi connectivity index (χ4v) is 3.66. The van der Waals surface area contributed by atoms with Crippen LogP contribution in [-0.4, -0.2) is 41.6 Å². The molecular formula is C18H23NO4. The summed E-state index contributed by atoms with van der Waals surface area (Å²) in [6.45, 7) is 6.61. The first-order valence-electron chi connectivity index (χ1n) is 7.97. The number of likely N-dealkylation sites (tertiary alicyclic amines) is 1. The molecule has 1 unspecified atom stereocenters. The average Bonchev–Trinajstić information content (AvgIpc) is 2.77. The predicted octanol–water partition coefficient (Wildman–Crippen LogP) is 2.20. The minimum atomic E-state index is -0.965. The van der Waals surface area contributed by atoms with Crippen LogP contribution in [-0.2, 0) is 16.0 Å². The van der Waals surface area contributed by atoms with E-state index in [9.17, 15) is 14.7 Å². The minimum Gasteiger partial charge on any atom is -0.493 e. The van der Waals surface area contributed by atoms with Crippen molar-refractivity contribution in [3.05, 3.63) is 29.8 Å². The molecule has 1 aromatic carbocycles. The normalized spacial score (nSPS) is 26.7. The molecule has 1 aromatic rings. The number of carbonyl (C=O) groups is 2. The quantitative estimate of drug-likeness (QED) is 0.862.